The van der Waals surface area contributed by atoms with Crippen LogP contribution in [0.4, 0.5) is 5.69 Å². The van der Waals surface area contributed by atoms with Crippen molar-refractivity contribution >= 4 is 28.1 Å². The molecule has 2 aromatic carbocycles. The van der Waals surface area contributed by atoms with Crippen LogP contribution in [-0.4, -0.2) is 33.6 Å². The number of anilines is 1. The maximum atomic E-state index is 10.6. The van der Waals surface area contributed by atoms with Gasteiger partial charge in [0.1, 0.15) is 23.2 Å². The molecule has 26 heavy (non-hydrogen) atoms. The number of fused-ring (bicyclic) bond motifs is 1. The molecule has 6 heteroatoms. The third-order valence-corrected chi connectivity index (χ3v) is 4.57. The number of imidazole rings is 1. The number of ether oxygens (including phenoxy) is 1. The van der Waals surface area contributed by atoms with Gasteiger partial charge in [-0.1, -0.05) is 24.3 Å². The van der Waals surface area contributed by atoms with Gasteiger partial charge in [-0.3, -0.25) is 5.41 Å². The molecular weight excluding hydrogens is 328 g/mol. The predicted octanol–water partition coefficient (Wildman–Crippen LogP) is 3.74. The summed E-state index contributed by atoms with van der Waals surface area (Å²) in [6.45, 7) is 2.68. The Labute approximate surface area is 151 Å². The number of nitrogens with zero attached hydrogens (tertiary/aromatic N) is 3. The van der Waals surface area contributed by atoms with Crippen molar-refractivity contribution in [2.24, 2.45) is 7.05 Å². The van der Waals surface area contributed by atoms with E-state index < -0.39 is 0 Å². The summed E-state index contributed by atoms with van der Waals surface area (Å²) in [7, 11) is 1.90. The number of amidine groups is 1. The Morgan fingerprint density at radius 1 is 1.15 bits per heavy atom. The van der Waals surface area contributed by atoms with E-state index in [-0.39, 0.29) is 18.1 Å². The van der Waals surface area contributed by atoms with Crippen molar-refractivity contribution in [3.05, 3.63) is 60.1 Å². The average Bonchev–Trinajstić information content (AvgIpc) is 3.12. The molecule has 0 unspecified atom stereocenters. The lowest BCUT2D eigenvalue weighted by Crippen LogP contribution is -2.27. The Morgan fingerprint density at radius 2 is 1.88 bits per heavy atom. The maximum absolute atomic E-state index is 10.6. The summed E-state index contributed by atoms with van der Waals surface area (Å²) in [6, 6.07) is 15.3. The molecule has 3 aromatic rings. The van der Waals surface area contributed by atoms with Gasteiger partial charge in [-0.2, -0.15) is 0 Å². The first kappa shape index (κ1) is 16.2. The fourth-order valence-electron chi connectivity index (χ4n) is 3.35. The van der Waals surface area contributed by atoms with Crippen molar-refractivity contribution in [3.63, 3.8) is 0 Å². The van der Waals surface area contributed by atoms with Crippen LogP contribution in [0.1, 0.15) is 12.7 Å². The molecule has 1 aromatic heterocycles. The van der Waals surface area contributed by atoms with E-state index in [1.54, 1.807) is 4.90 Å². The van der Waals surface area contributed by atoms with Crippen molar-refractivity contribution in [2.45, 2.75) is 6.92 Å². The van der Waals surface area contributed by atoms with Gasteiger partial charge in [0.05, 0.1) is 35.4 Å². The first-order valence-corrected chi connectivity index (χ1v) is 8.54. The molecule has 1 aliphatic rings. The van der Waals surface area contributed by atoms with Gasteiger partial charge in [-0.15, -0.1) is 0 Å². The molecule has 132 valence electrons. The van der Waals surface area contributed by atoms with Crippen LogP contribution in [0.2, 0.25) is 0 Å². The lowest BCUT2D eigenvalue weighted by atomic mass is 10.2. The van der Waals surface area contributed by atoms with Crippen LogP contribution in [0.15, 0.2) is 54.3 Å². The highest BCUT2D eigenvalue weighted by atomic mass is 16.5. The molecule has 1 aliphatic heterocycles. The monoisotopic (exact) mass is 348 g/mol. The number of para-hydroxylation sites is 4. The lowest BCUT2D eigenvalue weighted by Gasteiger charge is -2.21. The largest absolute Gasteiger partial charge is 0.509 e. The molecular formula is C20H20N4O2. The Bertz CT molecular complexity index is 1040. The molecule has 0 aliphatic carbocycles. The SMILES string of the molecule is CCOc1ccccc1N1CC(O)=C(c2nc3ccccc3n2C)C1=N. The lowest BCUT2D eigenvalue weighted by molar-refractivity contribution is 0.341. The van der Waals surface area contributed by atoms with E-state index in [2.05, 4.69) is 4.98 Å². The summed E-state index contributed by atoms with van der Waals surface area (Å²) in [5.74, 6) is 1.64. The number of rotatable bonds is 4. The molecule has 0 amide bonds. The number of hydrogen-bond donors (Lipinski definition) is 2. The zero-order chi connectivity index (χ0) is 18.3. The van der Waals surface area contributed by atoms with Gasteiger partial charge in [-0.25, -0.2) is 4.98 Å². The minimum atomic E-state index is 0.139. The molecule has 4 rings (SSSR count). The topological polar surface area (TPSA) is 74.4 Å². The Kier molecular flexibility index (Phi) is 3.88. The minimum absolute atomic E-state index is 0.139. The van der Waals surface area contributed by atoms with E-state index in [0.717, 1.165) is 16.7 Å². The zero-order valence-electron chi connectivity index (χ0n) is 14.7. The van der Waals surface area contributed by atoms with Crippen LogP contribution in [0.5, 0.6) is 5.75 Å². The normalized spacial score (nSPS) is 14.5. The van der Waals surface area contributed by atoms with Crippen LogP contribution in [0, 0.1) is 5.41 Å². The summed E-state index contributed by atoms with van der Waals surface area (Å²) < 4.78 is 7.60. The highest BCUT2D eigenvalue weighted by Crippen LogP contribution is 2.36. The fourth-order valence-corrected chi connectivity index (χ4v) is 3.35. The second kappa shape index (κ2) is 6.22. The van der Waals surface area contributed by atoms with E-state index in [1.165, 1.54) is 0 Å². The predicted molar refractivity (Wildman–Crippen MR) is 103 cm³/mol. The van der Waals surface area contributed by atoms with Crippen molar-refractivity contribution < 1.29 is 9.84 Å². The van der Waals surface area contributed by atoms with E-state index in [9.17, 15) is 5.11 Å². The summed E-state index contributed by atoms with van der Waals surface area (Å²) in [6.07, 6.45) is 0. The molecule has 0 radical (unpaired) electrons. The fraction of sp³-hybridized carbons (Fsp3) is 0.200. The number of hydrogen-bond acceptors (Lipinski definition) is 4. The summed E-state index contributed by atoms with van der Waals surface area (Å²) in [5.41, 5.74) is 3.02. The van der Waals surface area contributed by atoms with Crippen molar-refractivity contribution in [2.75, 3.05) is 18.1 Å². The van der Waals surface area contributed by atoms with E-state index in [1.807, 2.05) is 67.1 Å². The van der Waals surface area contributed by atoms with Gasteiger partial charge in [0.25, 0.3) is 0 Å². The van der Waals surface area contributed by atoms with Gasteiger partial charge < -0.3 is 19.3 Å². The molecule has 0 atom stereocenters. The first-order chi connectivity index (χ1) is 12.6. The van der Waals surface area contributed by atoms with Gasteiger partial charge >= 0.3 is 0 Å². The minimum Gasteiger partial charge on any atom is -0.509 e. The number of aromatic nitrogens is 2. The molecule has 0 bridgehead atoms. The number of benzene rings is 2. The molecule has 0 spiro atoms. The number of aliphatic hydroxyl groups excluding tert-OH is 1. The molecule has 6 nitrogen and oxygen atoms in total. The van der Waals surface area contributed by atoms with Crippen molar-refractivity contribution in [1.82, 2.24) is 9.55 Å². The zero-order valence-corrected chi connectivity index (χ0v) is 14.7. The summed E-state index contributed by atoms with van der Waals surface area (Å²) in [5, 5.41) is 19.3. The Balaban J connectivity index is 1.77. The average molecular weight is 348 g/mol. The van der Waals surface area contributed by atoms with Crippen LogP contribution in [-0.2, 0) is 7.05 Å². The molecule has 2 heterocycles. The van der Waals surface area contributed by atoms with Crippen molar-refractivity contribution in [3.8, 4) is 5.75 Å². The second-order valence-electron chi connectivity index (χ2n) is 6.14. The van der Waals surface area contributed by atoms with Crippen LogP contribution < -0.4 is 9.64 Å². The van der Waals surface area contributed by atoms with Crippen molar-refractivity contribution in [1.29, 1.82) is 5.41 Å². The molecule has 0 saturated heterocycles. The second-order valence-corrected chi connectivity index (χ2v) is 6.14. The number of aryl methyl sites for hydroxylation is 1. The van der Waals surface area contributed by atoms with Crippen LogP contribution in [0.25, 0.3) is 16.6 Å². The van der Waals surface area contributed by atoms with Gasteiger partial charge in [0, 0.05) is 7.05 Å². The Hall–Kier alpha value is -3.28. The highest BCUT2D eigenvalue weighted by Gasteiger charge is 2.33. The number of aliphatic hydroxyl groups is 1. The standard InChI is InChI=1S/C20H20N4O2/c1-3-26-17-11-7-6-10-15(17)24-12-16(25)18(19(24)21)20-22-13-8-4-5-9-14(13)23(20)2/h4-11,21,25H,3,12H2,1-2H3. The molecule has 0 saturated carbocycles. The third kappa shape index (κ3) is 2.42. The molecule has 2 N–H and O–H groups in total. The molecule has 0 fully saturated rings. The maximum Gasteiger partial charge on any atom is 0.148 e. The smallest absolute Gasteiger partial charge is 0.148 e. The number of nitrogens with one attached hydrogen (secondary N) is 1. The van der Waals surface area contributed by atoms with E-state index in [4.69, 9.17) is 10.1 Å². The van der Waals surface area contributed by atoms with Gasteiger partial charge in [0.2, 0.25) is 0 Å². The first-order valence-electron chi connectivity index (χ1n) is 8.54. The van der Waals surface area contributed by atoms with Crippen LogP contribution in [0.3, 0.4) is 0 Å². The van der Waals surface area contributed by atoms with E-state index in [0.29, 0.717) is 23.8 Å². The highest BCUT2D eigenvalue weighted by molar-refractivity contribution is 6.30. The van der Waals surface area contributed by atoms with Gasteiger partial charge in [-0.05, 0) is 31.2 Å². The third-order valence-electron chi connectivity index (χ3n) is 4.57. The Morgan fingerprint density at radius 3 is 2.65 bits per heavy atom. The van der Waals surface area contributed by atoms with E-state index >= 15 is 0 Å². The van der Waals surface area contributed by atoms with Crippen LogP contribution >= 0.6 is 0 Å². The summed E-state index contributed by atoms with van der Waals surface area (Å²) in [4.78, 5) is 6.37. The van der Waals surface area contributed by atoms with Gasteiger partial charge in [0.15, 0.2) is 0 Å². The summed E-state index contributed by atoms with van der Waals surface area (Å²) >= 11 is 0. The quantitative estimate of drug-likeness (QED) is 0.753.